The fraction of sp³-hybridized carbons (Fsp3) is 0.586. The van der Waals surface area contributed by atoms with E-state index in [9.17, 15) is 13.5 Å². The summed E-state index contributed by atoms with van der Waals surface area (Å²) in [6, 6.07) is 12.3. The SMILES string of the molecule is C[Si](C)(C)CCOCOc1ccc([C@@H](O)CNCCOc2ccc(Br)cc2Cl)cc1N(COCC[Si](C)(C)C)S(C)(=O)=O. The van der Waals surface area contributed by atoms with Crippen molar-refractivity contribution in [2.24, 2.45) is 0 Å². The molecule has 0 bridgehead atoms. The first-order valence-electron chi connectivity index (χ1n) is 14.3. The summed E-state index contributed by atoms with van der Waals surface area (Å²) in [5.74, 6) is 0.903. The van der Waals surface area contributed by atoms with Crippen LogP contribution in [0.3, 0.4) is 0 Å². The Hall–Kier alpha value is -1.17. The van der Waals surface area contributed by atoms with Crippen molar-refractivity contribution in [1.82, 2.24) is 5.32 Å². The minimum atomic E-state index is -3.73. The van der Waals surface area contributed by atoms with Crippen LogP contribution in [0.1, 0.15) is 11.7 Å². The van der Waals surface area contributed by atoms with Crippen molar-refractivity contribution < 1.29 is 32.5 Å². The summed E-state index contributed by atoms with van der Waals surface area (Å²) in [4.78, 5) is 0. The summed E-state index contributed by atoms with van der Waals surface area (Å²) < 4.78 is 51.0. The van der Waals surface area contributed by atoms with Crippen LogP contribution in [-0.4, -0.2) is 82.4 Å². The van der Waals surface area contributed by atoms with Gasteiger partial charge in [-0.3, -0.25) is 0 Å². The van der Waals surface area contributed by atoms with E-state index in [0.29, 0.717) is 48.5 Å². The lowest BCUT2D eigenvalue weighted by atomic mass is 10.1. The van der Waals surface area contributed by atoms with Gasteiger partial charge in [-0.15, -0.1) is 0 Å². The van der Waals surface area contributed by atoms with Crippen molar-refractivity contribution in [3.05, 3.63) is 51.5 Å². The number of nitrogens with one attached hydrogen (secondary N) is 1. The summed E-state index contributed by atoms with van der Waals surface area (Å²) in [6.07, 6.45) is 0.220. The second kappa shape index (κ2) is 17.5. The Labute approximate surface area is 273 Å². The number of anilines is 1. The largest absolute Gasteiger partial charge is 0.491 e. The van der Waals surface area contributed by atoms with Crippen LogP contribution >= 0.6 is 27.5 Å². The second-order valence-corrected chi connectivity index (χ2v) is 27.3. The van der Waals surface area contributed by atoms with E-state index in [4.69, 9.17) is 30.5 Å². The lowest BCUT2D eigenvalue weighted by molar-refractivity contribution is 0.0222. The summed E-state index contributed by atoms with van der Waals surface area (Å²) >= 11 is 9.57. The molecule has 1 atom stereocenters. The summed E-state index contributed by atoms with van der Waals surface area (Å²) in [6.45, 7) is 15.4. The fourth-order valence-electron chi connectivity index (χ4n) is 3.65. The van der Waals surface area contributed by atoms with Crippen LogP contribution in [0.5, 0.6) is 11.5 Å². The molecule has 0 saturated heterocycles. The predicted molar refractivity (Wildman–Crippen MR) is 185 cm³/mol. The fourth-order valence-corrected chi connectivity index (χ4v) is 6.66. The number of aliphatic hydroxyl groups is 1. The van der Waals surface area contributed by atoms with E-state index in [0.717, 1.165) is 22.8 Å². The van der Waals surface area contributed by atoms with Gasteiger partial charge in [-0.2, -0.15) is 0 Å². The van der Waals surface area contributed by atoms with Gasteiger partial charge in [0.1, 0.15) is 24.8 Å². The normalized spacial score (nSPS) is 13.2. The highest BCUT2D eigenvalue weighted by Gasteiger charge is 2.24. The zero-order valence-electron chi connectivity index (χ0n) is 26.4. The van der Waals surface area contributed by atoms with E-state index in [1.54, 1.807) is 30.3 Å². The number of hydrogen-bond donors (Lipinski definition) is 2. The van der Waals surface area contributed by atoms with Gasteiger partial charge in [0, 0.05) is 46.9 Å². The van der Waals surface area contributed by atoms with Gasteiger partial charge in [0.05, 0.1) is 23.1 Å². The molecule has 0 aliphatic heterocycles. The van der Waals surface area contributed by atoms with E-state index >= 15 is 0 Å². The zero-order valence-corrected chi connectivity index (χ0v) is 31.6. The molecule has 0 saturated carbocycles. The topological polar surface area (TPSA) is 107 Å². The Bertz CT molecular complexity index is 1260. The minimum absolute atomic E-state index is 0.0165. The molecule has 2 N–H and O–H groups in total. The third-order valence-electron chi connectivity index (χ3n) is 6.30. The molecule has 0 aromatic heterocycles. The first-order chi connectivity index (χ1) is 20.0. The number of halogens is 2. The van der Waals surface area contributed by atoms with E-state index in [-0.39, 0.29) is 25.8 Å². The summed E-state index contributed by atoms with van der Waals surface area (Å²) in [5, 5.41) is 14.6. The molecular formula is C29H48BrClN2O7SSi2. The van der Waals surface area contributed by atoms with Crippen LogP contribution < -0.4 is 19.1 Å². The Morgan fingerprint density at radius 3 is 2.16 bits per heavy atom. The van der Waals surface area contributed by atoms with Gasteiger partial charge < -0.3 is 29.4 Å². The molecular weight excluding hydrogens is 692 g/mol. The average Bonchev–Trinajstić information content (AvgIpc) is 2.87. The average molecular weight is 740 g/mol. The third kappa shape index (κ3) is 15.1. The highest BCUT2D eigenvalue weighted by atomic mass is 79.9. The molecule has 0 amide bonds. The standard InChI is InChI=1S/C29H48BrClN2O7SSi2/c1-41(35,36)33(21-37-14-16-42(2,3)4)26-18-23(8-10-29(26)40-22-38-15-17-43(5,6)7)27(34)20-32-12-13-39-28-11-9-24(30)19-25(28)31/h8-11,18-19,27,32,34H,12-17,20-22H2,1-7H3/t27-/m0/s1. The van der Waals surface area contributed by atoms with Crippen molar-refractivity contribution >= 4 is 59.4 Å². The Kier molecular flexibility index (Phi) is 15.5. The van der Waals surface area contributed by atoms with Gasteiger partial charge in [-0.1, -0.05) is 72.9 Å². The van der Waals surface area contributed by atoms with E-state index in [1.807, 2.05) is 6.07 Å². The first kappa shape index (κ1) is 38.0. The number of ether oxygens (including phenoxy) is 4. The monoisotopic (exact) mass is 738 g/mol. The number of benzene rings is 2. The van der Waals surface area contributed by atoms with Crippen molar-refractivity contribution in [2.45, 2.75) is 57.5 Å². The minimum Gasteiger partial charge on any atom is -0.491 e. The van der Waals surface area contributed by atoms with Gasteiger partial charge in [-0.05, 0) is 48.0 Å². The van der Waals surface area contributed by atoms with Gasteiger partial charge in [0.15, 0.2) is 6.79 Å². The van der Waals surface area contributed by atoms with Crippen LogP contribution in [0.15, 0.2) is 40.9 Å². The summed E-state index contributed by atoms with van der Waals surface area (Å²) in [5.41, 5.74) is 0.816. The van der Waals surface area contributed by atoms with Gasteiger partial charge in [-0.25, -0.2) is 12.7 Å². The molecule has 2 rings (SSSR count). The van der Waals surface area contributed by atoms with E-state index in [2.05, 4.69) is 60.5 Å². The summed E-state index contributed by atoms with van der Waals surface area (Å²) in [7, 11) is -6.36. The lowest BCUT2D eigenvalue weighted by Crippen LogP contribution is -2.34. The Balaban J connectivity index is 2.12. The van der Waals surface area contributed by atoms with Crippen molar-refractivity contribution in [2.75, 3.05) is 57.0 Å². The molecule has 2 aromatic rings. The van der Waals surface area contributed by atoms with Crippen molar-refractivity contribution in [3.8, 4) is 11.5 Å². The highest BCUT2D eigenvalue weighted by Crippen LogP contribution is 2.33. The quantitative estimate of drug-likeness (QED) is 0.0893. The van der Waals surface area contributed by atoms with Crippen molar-refractivity contribution in [3.63, 3.8) is 0 Å². The molecule has 0 aliphatic carbocycles. The molecule has 2 aromatic carbocycles. The molecule has 0 heterocycles. The molecule has 14 heteroatoms. The number of rotatable bonds is 20. The van der Waals surface area contributed by atoms with E-state index in [1.165, 1.54) is 4.31 Å². The third-order valence-corrected chi connectivity index (χ3v) is 11.6. The Morgan fingerprint density at radius 1 is 0.930 bits per heavy atom. The Morgan fingerprint density at radius 2 is 1.56 bits per heavy atom. The van der Waals surface area contributed by atoms with Crippen LogP contribution in [0.4, 0.5) is 5.69 Å². The van der Waals surface area contributed by atoms with Crippen LogP contribution in [0, 0.1) is 0 Å². The van der Waals surface area contributed by atoms with Gasteiger partial charge in [0.2, 0.25) is 10.0 Å². The molecule has 43 heavy (non-hydrogen) atoms. The predicted octanol–water partition coefficient (Wildman–Crippen LogP) is 6.57. The first-order valence-corrected chi connectivity index (χ1v) is 24.8. The maximum absolute atomic E-state index is 12.9. The van der Waals surface area contributed by atoms with E-state index < -0.39 is 32.3 Å². The van der Waals surface area contributed by atoms with Crippen LogP contribution in [-0.2, 0) is 19.5 Å². The molecule has 0 spiro atoms. The number of aliphatic hydroxyl groups excluding tert-OH is 1. The lowest BCUT2D eigenvalue weighted by Gasteiger charge is -2.26. The number of nitrogens with zero attached hydrogens (tertiary/aromatic N) is 1. The molecule has 0 unspecified atom stereocenters. The second-order valence-electron chi connectivity index (χ2n) is 12.8. The zero-order chi connectivity index (χ0) is 32.3. The van der Waals surface area contributed by atoms with Gasteiger partial charge >= 0.3 is 0 Å². The van der Waals surface area contributed by atoms with Gasteiger partial charge in [0.25, 0.3) is 0 Å². The van der Waals surface area contributed by atoms with Crippen LogP contribution in [0.25, 0.3) is 0 Å². The smallest absolute Gasteiger partial charge is 0.234 e. The number of sulfonamides is 1. The molecule has 9 nitrogen and oxygen atoms in total. The maximum Gasteiger partial charge on any atom is 0.234 e. The maximum atomic E-state index is 12.9. The molecule has 0 aliphatic rings. The molecule has 0 radical (unpaired) electrons. The molecule has 244 valence electrons. The van der Waals surface area contributed by atoms with Crippen molar-refractivity contribution in [1.29, 1.82) is 0 Å². The highest BCUT2D eigenvalue weighted by molar-refractivity contribution is 9.10. The molecule has 0 fully saturated rings. The number of hydrogen-bond acceptors (Lipinski definition) is 8. The van der Waals surface area contributed by atoms with Crippen LogP contribution in [0.2, 0.25) is 56.4 Å².